The third-order valence-electron chi connectivity index (χ3n) is 1.52. The average molecular weight is 174 g/mol. The SMILES string of the molecule is O=Cc1ccc(C#CCCO)cc1. The summed E-state index contributed by atoms with van der Waals surface area (Å²) in [6.45, 7) is 0.0828. The van der Waals surface area contributed by atoms with E-state index in [0.29, 0.717) is 12.0 Å². The summed E-state index contributed by atoms with van der Waals surface area (Å²) in [4.78, 5) is 10.3. The molecule has 66 valence electrons. The number of hydrogen-bond acceptors (Lipinski definition) is 2. The van der Waals surface area contributed by atoms with E-state index >= 15 is 0 Å². The lowest BCUT2D eigenvalue weighted by molar-refractivity contribution is 0.112. The van der Waals surface area contributed by atoms with Gasteiger partial charge in [0, 0.05) is 17.5 Å². The molecule has 2 nitrogen and oxygen atoms in total. The molecule has 0 aliphatic rings. The van der Waals surface area contributed by atoms with Crippen molar-refractivity contribution in [1.82, 2.24) is 0 Å². The van der Waals surface area contributed by atoms with Crippen LogP contribution in [0.25, 0.3) is 0 Å². The monoisotopic (exact) mass is 174 g/mol. The van der Waals surface area contributed by atoms with E-state index in [-0.39, 0.29) is 6.61 Å². The summed E-state index contributed by atoms with van der Waals surface area (Å²) in [5, 5.41) is 8.48. The summed E-state index contributed by atoms with van der Waals surface area (Å²) in [5.74, 6) is 5.67. The van der Waals surface area contributed by atoms with Crippen LogP contribution in [0.5, 0.6) is 0 Å². The Bertz CT molecular complexity index is 327. The molecular weight excluding hydrogens is 164 g/mol. The van der Waals surface area contributed by atoms with Crippen molar-refractivity contribution in [3.8, 4) is 11.8 Å². The fourth-order valence-corrected chi connectivity index (χ4v) is 0.865. The molecule has 0 heterocycles. The van der Waals surface area contributed by atoms with Crippen LogP contribution in [0.1, 0.15) is 22.3 Å². The molecular formula is C11H10O2. The minimum Gasteiger partial charge on any atom is -0.395 e. The number of carbonyl (C=O) groups excluding carboxylic acids is 1. The van der Waals surface area contributed by atoms with E-state index in [0.717, 1.165) is 11.8 Å². The molecule has 0 bridgehead atoms. The highest BCUT2D eigenvalue weighted by Gasteiger charge is 1.88. The Morgan fingerprint density at radius 2 is 2.00 bits per heavy atom. The smallest absolute Gasteiger partial charge is 0.150 e. The zero-order valence-corrected chi connectivity index (χ0v) is 7.16. The first-order valence-corrected chi connectivity index (χ1v) is 4.02. The highest BCUT2D eigenvalue weighted by atomic mass is 16.2. The Hall–Kier alpha value is -1.59. The molecule has 0 atom stereocenters. The maximum absolute atomic E-state index is 10.3. The van der Waals surface area contributed by atoms with Gasteiger partial charge in [-0.3, -0.25) is 4.79 Å². The Balaban J connectivity index is 2.71. The minimum atomic E-state index is 0.0828. The molecule has 0 aromatic heterocycles. The molecule has 1 N–H and O–H groups in total. The highest BCUT2D eigenvalue weighted by Crippen LogP contribution is 2.00. The summed E-state index contributed by atoms with van der Waals surface area (Å²) in [6.07, 6.45) is 1.28. The predicted octanol–water partition coefficient (Wildman–Crippen LogP) is 1.23. The van der Waals surface area contributed by atoms with Gasteiger partial charge in [0.1, 0.15) is 6.29 Å². The van der Waals surface area contributed by atoms with Crippen molar-refractivity contribution in [2.45, 2.75) is 6.42 Å². The van der Waals surface area contributed by atoms with E-state index in [1.807, 2.05) is 0 Å². The van der Waals surface area contributed by atoms with Gasteiger partial charge in [0.2, 0.25) is 0 Å². The molecule has 1 aromatic carbocycles. The molecule has 0 spiro atoms. The Morgan fingerprint density at radius 3 is 2.54 bits per heavy atom. The molecule has 1 aromatic rings. The largest absolute Gasteiger partial charge is 0.395 e. The van der Waals surface area contributed by atoms with Gasteiger partial charge in [0.15, 0.2) is 0 Å². The number of rotatable bonds is 2. The minimum absolute atomic E-state index is 0.0828. The summed E-state index contributed by atoms with van der Waals surface area (Å²) in [6, 6.07) is 7.01. The number of carbonyl (C=O) groups is 1. The molecule has 0 radical (unpaired) electrons. The van der Waals surface area contributed by atoms with Crippen molar-refractivity contribution < 1.29 is 9.90 Å². The van der Waals surface area contributed by atoms with E-state index in [1.165, 1.54) is 0 Å². The molecule has 0 aliphatic carbocycles. The molecule has 13 heavy (non-hydrogen) atoms. The lowest BCUT2D eigenvalue weighted by Gasteiger charge is -1.90. The van der Waals surface area contributed by atoms with E-state index in [4.69, 9.17) is 5.11 Å². The van der Waals surface area contributed by atoms with Crippen LogP contribution in [-0.2, 0) is 0 Å². The second-order valence-electron chi connectivity index (χ2n) is 2.52. The summed E-state index contributed by atoms with van der Waals surface area (Å²) >= 11 is 0. The second-order valence-corrected chi connectivity index (χ2v) is 2.52. The topological polar surface area (TPSA) is 37.3 Å². The van der Waals surface area contributed by atoms with Gasteiger partial charge in [-0.05, 0) is 12.1 Å². The molecule has 1 rings (SSSR count). The van der Waals surface area contributed by atoms with Gasteiger partial charge in [-0.2, -0.15) is 0 Å². The quantitative estimate of drug-likeness (QED) is 0.541. The van der Waals surface area contributed by atoms with Crippen molar-refractivity contribution in [1.29, 1.82) is 0 Å². The highest BCUT2D eigenvalue weighted by molar-refractivity contribution is 5.74. The lowest BCUT2D eigenvalue weighted by atomic mass is 10.1. The Morgan fingerprint density at radius 1 is 1.31 bits per heavy atom. The number of aldehydes is 1. The average Bonchev–Trinajstić information content (AvgIpc) is 2.19. The van der Waals surface area contributed by atoms with E-state index in [2.05, 4.69) is 11.8 Å². The Labute approximate surface area is 77.2 Å². The number of benzene rings is 1. The maximum Gasteiger partial charge on any atom is 0.150 e. The van der Waals surface area contributed by atoms with Crippen molar-refractivity contribution in [2.75, 3.05) is 6.61 Å². The summed E-state index contributed by atoms with van der Waals surface area (Å²) in [7, 11) is 0. The maximum atomic E-state index is 10.3. The number of aliphatic hydroxyl groups is 1. The van der Waals surface area contributed by atoms with Crippen LogP contribution >= 0.6 is 0 Å². The number of hydrogen-bond donors (Lipinski definition) is 1. The second kappa shape index (κ2) is 5.13. The molecule has 0 aliphatic heterocycles. The predicted molar refractivity (Wildman–Crippen MR) is 50.4 cm³/mol. The van der Waals surface area contributed by atoms with E-state index < -0.39 is 0 Å². The first-order chi connectivity index (χ1) is 6.36. The molecule has 0 saturated carbocycles. The zero-order valence-electron chi connectivity index (χ0n) is 7.16. The van der Waals surface area contributed by atoms with Crippen LogP contribution in [0.2, 0.25) is 0 Å². The van der Waals surface area contributed by atoms with Crippen molar-refractivity contribution >= 4 is 6.29 Å². The lowest BCUT2D eigenvalue weighted by Crippen LogP contribution is -1.80. The first-order valence-electron chi connectivity index (χ1n) is 4.02. The number of aliphatic hydroxyl groups excluding tert-OH is 1. The molecule has 0 amide bonds. The first kappa shape index (κ1) is 9.50. The van der Waals surface area contributed by atoms with E-state index in [1.54, 1.807) is 24.3 Å². The van der Waals surface area contributed by atoms with E-state index in [9.17, 15) is 4.79 Å². The normalized spacial score (nSPS) is 8.69. The fourth-order valence-electron chi connectivity index (χ4n) is 0.865. The zero-order chi connectivity index (χ0) is 9.52. The van der Waals surface area contributed by atoms with Crippen LogP contribution < -0.4 is 0 Å². The van der Waals surface area contributed by atoms with Crippen molar-refractivity contribution in [3.63, 3.8) is 0 Å². The third-order valence-corrected chi connectivity index (χ3v) is 1.52. The summed E-state index contributed by atoms with van der Waals surface area (Å²) < 4.78 is 0. The molecule has 2 heteroatoms. The van der Waals surface area contributed by atoms with Crippen LogP contribution in [0.3, 0.4) is 0 Å². The van der Waals surface area contributed by atoms with Gasteiger partial charge in [0.25, 0.3) is 0 Å². The standard InChI is InChI=1S/C11H10O2/c12-8-2-1-3-10-4-6-11(9-13)7-5-10/h4-7,9,12H,2,8H2. The van der Waals surface area contributed by atoms with Crippen LogP contribution in [0.15, 0.2) is 24.3 Å². The van der Waals surface area contributed by atoms with Crippen LogP contribution in [-0.4, -0.2) is 18.0 Å². The van der Waals surface area contributed by atoms with Crippen molar-refractivity contribution in [2.24, 2.45) is 0 Å². The molecule has 0 unspecified atom stereocenters. The molecule has 0 fully saturated rings. The summed E-state index contributed by atoms with van der Waals surface area (Å²) in [5.41, 5.74) is 1.51. The third kappa shape index (κ3) is 3.10. The van der Waals surface area contributed by atoms with Crippen molar-refractivity contribution in [3.05, 3.63) is 35.4 Å². The van der Waals surface area contributed by atoms with Gasteiger partial charge in [-0.25, -0.2) is 0 Å². The van der Waals surface area contributed by atoms with Gasteiger partial charge >= 0.3 is 0 Å². The van der Waals surface area contributed by atoms with Gasteiger partial charge in [0.05, 0.1) is 6.61 Å². The van der Waals surface area contributed by atoms with Crippen LogP contribution in [0, 0.1) is 11.8 Å². The fraction of sp³-hybridized carbons (Fsp3) is 0.182. The van der Waals surface area contributed by atoms with Gasteiger partial charge in [-0.15, -0.1) is 0 Å². The van der Waals surface area contributed by atoms with Crippen LogP contribution in [0.4, 0.5) is 0 Å². The van der Waals surface area contributed by atoms with Gasteiger partial charge in [-0.1, -0.05) is 24.0 Å². The van der Waals surface area contributed by atoms with Gasteiger partial charge < -0.3 is 5.11 Å². The Kier molecular flexibility index (Phi) is 3.74. The molecule has 0 saturated heterocycles.